The highest BCUT2D eigenvalue weighted by Gasteiger charge is 2.46. The molecule has 6 heteroatoms. The summed E-state index contributed by atoms with van der Waals surface area (Å²) in [4.78, 5) is 0. The molecule has 0 saturated heterocycles. The molecular weight excluding hydrogens is 334 g/mol. The Kier molecular flexibility index (Phi) is 2.73. The molecule has 4 rings (SSSR count). The lowest BCUT2D eigenvalue weighted by Gasteiger charge is -2.11. The number of fused-ring (bicyclic) bond motifs is 1. The van der Waals surface area contributed by atoms with Gasteiger partial charge in [0.2, 0.25) is 0 Å². The number of halogens is 1. The van der Waals surface area contributed by atoms with Gasteiger partial charge in [-0.15, -0.1) is 0 Å². The fourth-order valence-corrected chi connectivity index (χ4v) is 3.13. The molecule has 1 aliphatic carbocycles. The second-order valence-electron chi connectivity index (χ2n) is 5.92. The number of anilines is 1. The number of aryl methyl sites for hydroxylation is 1. The van der Waals surface area contributed by atoms with E-state index in [1.807, 2.05) is 19.2 Å². The topological polar surface area (TPSA) is 62.3 Å². The predicted molar refractivity (Wildman–Crippen MR) is 83.4 cm³/mol. The molecule has 110 valence electrons. The number of nitrogens with zero attached hydrogens (tertiary/aromatic N) is 2. The molecule has 2 aromatic rings. The summed E-state index contributed by atoms with van der Waals surface area (Å²) in [6, 6.07) is 3.94. The molecule has 1 aliphatic heterocycles. The second kappa shape index (κ2) is 4.40. The number of hydrogen-bond donors (Lipinski definition) is 1. The summed E-state index contributed by atoms with van der Waals surface area (Å²) in [6.45, 7) is 1.46. The summed E-state index contributed by atoms with van der Waals surface area (Å²) >= 11 is 3.60. The molecule has 2 N–H and O–H groups in total. The van der Waals surface area contributed by atoms with Crippen LogP contribution in [0, 0.1) is 5.41 Å². The highest BCUT2D eigenvalue weighted by atomic mass is 79.9. The molecule has 0 radical (unpaired) electrons. The van der Waals surface area contributed by atoms with Gasteiger partial charge in [0, 0.05) is 28.1 Å². The normalized spacial score (nSPS) is 18.6. The van der Waals surface area contributed by atoms with E-state index < -0.39 is 0 Å². The van der Waals surface area contributed by atoms with Gasteiger partial charge < -0.3 is 15.2 Å². The standard InChI is InChI=1S/C15H16BrN3O2/c1-19-14(17)10(6-18-19)9-4-12-13(5-11(9)16)21-8-15(2-3-15)7-20-12/h4-6H,2-3,7-8,17H2,1H3. The minimum atomic E-state index is 0.235. The van der Waals surface area contributed by atoms with Crippen LogP contribution >= 0.6 is 15.9 Å². The van der Waals surface area contributed by atoms with Crippen LogP contribution < -0.4 is 15.2 Å². The lowest BCUT2D eigenvalue weighted by molar-refractivity contribution is 0.197. The van der Waals surface area contributed by atoms with Crippen LogP contribution in [0.15, 0.2) is 22.8 Å². The van der Waals surface area contributed by atoms with Gasteiger partial charge in [0.1, 0.15) is 5.82 Å². The van der Waals surface area contributed by atoms with Gasteiger partial charge in [-0.2, -0.15) is 5.10 Å². The van der Waals surface area contributed by atoms with Crippen LogP contribution in [0.3, 0.4) is 0 Å². The van der Waals surface area contributed by atoms with E-state index in [-0.39, 0.29) is 5.41 Å². The Labute approximate surface area is 131 Å². The van der Waals surface area contributed by atoms with Crippen molar-refractivity contribution in [3.05, 3.63) is 22.8 Å². The number of ether oxygens (including phenoxy) is 2. The van der Waals surface area contributed by atoms with Crippen molar-refractivity contribution in [3.8, 4) is 22.6 Å². The van der Waals surface area contributed by atoms with E-state index in [2.05, 4.69) is 21.0 Å². The Bertz CT molecular complexity index is 722. The van der Waals surface area contributed by atoms with Crippen LogP contribution in [0.25, 0.3) is 11.1 Å². The monoisotopic (exact) mass is 349 g/mol. The maximum Gasteiger partial charge on any atom is 0.162 e. The lowest BCUT2D eigenvalue weighted by Crippen LogP contribution is -2.17. The first kappa shape index (κ1) is 13.0. The van der Waals surface area contributed by atoms with Crippen molar-refractivity contribution in [1.82, 2.24) is 9.78 Å². The van der Waals surface area contributed by atoms with Gasteiger partial charge in [0.15, 0.2) is 11.5 Å². The Morgan fingerprint density at radius 3 is 2.43 bits per heavy atom. The molecule has 21 heavy (non-hydrogen) atoms. The van der Waals surface area contributed by atoms with E-state index in [0.29, 0.717) is 5.82 Å². The molecular formula is C15H16BrN3O2. The number of rotatable bonds is 1. The number of nitrogens with two attached hydrogens (primary N) is 1. The van der Waals surface area contributed by atoms with Crippen LogP contribution in [-0.4, -0.2) is 23.0 Å². The van der Waals surface area contributed by atoms with Crippen LogP contribution in [0.1, 0.15) is 12.8 Å². The van der Waals surface area contributed by atoms with Crippen molar-refractivity contribution in [2.24, 2.45) is 12.5 Å². The Hall–Kier alpha value is -1.69. The molecule has 0 amide bonds. The van der Waals surface area contributed by atoms with E-state index in [0.717, 1.165) is 40.3 Å². The highest BCUT2D eigenvalue weighted by Crippen LogP contribution is 2.50. The summed E-state index contributed by atoms with van der Waals surface area (Å²) in [5.41, 5.74) is 8.16. The minimum absolute atomic E-state index is 0.235. The van der Waals surface area contributed by atoms with Gasteiger partial charge in [0.25, 0.3) is 0 Å². The fraction of sp³-hybridized carbons (Fsp3) is 0.400. The first-order valence-electron chi connectivity index (χ1n) is 6.95. The lowest BCUT2D eigenvalue weighted by atomic mass is 10.1. The van der Waals surface area contributed by atoms with Crippen LogP contribution in [0.2, 0.25) is 0 Å². The van der Waals surface area contributed by atoms with Gasteiger partial charge in [-0.25, -0.2) is 0 Å². The number of hydrogen-bond acceptors (Lipinski definition) is 4. The summed E-state index contributed by atoms with van der Waals surface area (Å²) in [5, 5.41) is 4.20. The molecule has 1 fully saturated rings. The largest absolute Gasteiger partial charge is 0.489 e. The second-order valence-corrected chi connectivity index (χ2v) is 6.78. The molecule has 0 bridgehead atoms. The first-order chi connectivity index (χ1) is 10.1. The van der Waals surface area contributed by atoms with Gasteiger partial charge >= 0.3 is 0 Å². The Morgan fingerprint density at radius 1 is 1.19 bits per heavy atom. The quantitative estimate of drug-likeness (QED) is 0.859. The minimum Gasteiger partial charge on any atom is -0.489 e. The SMILES string of the molecule is Cn1ncc(-c2cc3c(cc2Br)OCC2(CC2)CO3)c1N. The van der Waals surface area contributed by atoms with Crippen LogP contribution in [-0.2, 0) is 7.05 Å². The number of benzene rings is 1. The molecule has 1 aromatic carbocycles. The Balaban J connectivity index is 1.77. The molecule has 1 saturated carbocycles. The smallest absolute Gasteiger partial charge is 0.162 e. The average molecular weight is 350 g/mol. The van der Waals surface area contributed by atoms with Crippen LogP contribution in [0.4, 0.5) is 5.82 Å². The van der Waals surface area contributed by atoms with Crippen molar-refractivity contribution >= 4 is 21.7 Å². The Morgan fingerprint density at radius 2 is 1.86 bits per heavy atom. The summed E-state index contributed by atoms with van der Waals surface area (Å²) in [5.74, 6) is 2.20. The third kappa shape index (κ3) is 2.09. The van der Waals surface area contributed by atoms with Crippen molar-refractivity contribution in [2.45, 2.75) is 12.8 Å². The number of nitrogen functional groups attached to an aromatic ring is 1. The van der Waals surface area contributed by atoms with E-state index in [1.165, 1.54) is 12.8 Å². The zero-order valence-electron chi connectivity index (χ0n) is 11.7. The molecule has 1 spiro atoms. The zero-order chi connectivity index (χ0) is 14.6. The predicted octanol–water partition coefficient (Wildman–Crippen LogP) is 2.98. The molecule has 1 aromatic heterocycles. The molecule has 2 aliphatic rings. The van der Waals surface area contributed by atoms with Crippen molar-refractivity contribution in [1.29, 1.82) is 0 Å². The van der Waals surface area contributed by atoms with Crippen molar-refractivity contribution in [2.75, 3.05) is 18.9 Å². The van der Waals surface area contributed by atoms with Crippen LogP contribution in [0.5, 0.6) is 11.5 Å². The maximum atomic E-state index is 6.07. The molecule has 0 unspecified atom stereocenters. The van der Waals surface area contributed by atoms with Crippen molar-refractivity contribution < 1.29 is 9.47 Å². The van der Waals surface area contributed by atoms with Gasteiger partial charge in [-0.1, -0.05) is 15.9 Å². The van der Waals surface area contributed by atoms with Crippen molar-refractivity contribution in [3.63, 3.8) is 0 Å². The summed E-state index contributed by atoms with van der Waals surface area (Å²) in [6.07, 6.45) is 4.14. The highest BCUT2D eigenvalue weighted by molar-refractivity contribution is 9.10. The molecule has 5 nitrogen and oxygen atoms in total. The number of aromatic nitrogens is 2. The van der Waals surface area contributed by atoms with E-state index in [1.54, 1.807) is 10.9 Å². The van der Waals surface area contributed by atoms with Gasteiger partial charge in [0.05, 0.1) is 19.4 Å². The zero-order valence-corrected chi connectivity index (χ0v) is 13.3. The third-order valence-electron chi connectivity index (χ3n) is 4.33. The molecule has 0 atom stereocenters. The third-order valence-corrected chi connectivity index (χ3v) is 4.99. The maximum absolute atomic E-state index is 6.07. The van der Waals surface area contributed by atoms with E-state index in [4.69, 9.17) is 15.2 Å². The van der Waals surface area contributed by atoms with E-state index >= 15 is 0 Å². The van der Waals surface area contributed by atoms with E-state index in [9.17, 15) is 0 Å². The molecule has 2 heterocycles. The summed E-state index contributed by atoms with van der Waals surface area (Å²) in [7, 11) is 1.83. The van der Waals surface area contributed by atoms with Gasteiger partial charge in [-0.3, -0.25) is 4.68 Å². The average Bonchev–Trinajstić information content (AvgIpc) is 3.21. The summed E-state index contributed by atoms with van der Waals surface area (Å²) < 4.78 is 14.5. The fourth-order valence-electron chi connectivity index (χ4n) is 2.59. The van der Waals surface area contributed by atoms with Gasteiger partial charge in [-0.05, 0) is 25.0 Å². The first-order valence-corrected chi connectivity index (χ1v) is 7.74.